The molecule has 0 aromatic heterocycles. The Balaban J connectivity index is 2.12. The number of anilines is 2. The summed E-state index contributed by atoms with van der Waals surface area (Å²) in [5.41, 5.74) is 1.93. The first-order valence-corrected chi connectivity index (χ1v) is 7.40. The number of carboxylic acid groups (broad SMARTS) is 1. The van der Waals surface area contributed by atoms with E-state index in [1.54, 1.807) is 28.8 Å². The Morgan fingerprint density at radius 1 is 1.14 bits per heavy atom. The van der Waals surface area contributed by atoms with Crippen LogP contribution in [0.5, 0.6) is 0 Å². The average Bonchev–Trinajstić information content (AvgIpc) is 2.53. The van der Waals surface area contributed by atoms with Crippen molar-refractivity contribution in [3.8, 4) is 0 Å². The summed E-state index contributed by atoms with van der Waals surface area (Å²) in [6.07, 6.45) is 0. The highest BCUT2D eigenvalue weighted by Crippen LogP contribution is 2.48. The molecule has 0 bridgehead atoms. The normalized spacial score (nSPS) is 12.3. The number of fused-ring (bicyclic) bond motifs is 2. The van der Waals surface area contributed by atoms with Crippen LogP contribution < -0.4 is 4.90 Å². The van der Waals surface area contributed by atoms with E-state index in [1.807, 2.05) is 30.3 Å². The van der Waals surface area contributed by atoms with Crippen LogP contribution in [-0.4, -0.2) is 30.7 Å². The van der Waals surface area contributed by atoms with Gasteiger partial charge in [0, 0.05) is 9.79 Å². The van der Waals surface area contributed by atoms with Crippen LogP contribution in [0.15, 0.2) is 52.3 Å². The van der Waals surface area contributed by atoms with Crippen molar-refractivity contribution >= 4 is 35.1 Å². The van der Waals surface area contributed by atoms with Gasteiger partial charge in [0.15, 0.2) is 0 Å². The Kier molecular flexibility index (Phi) is 3.77. The second-order valence-corrected chi connectivity index (χ2v) is 5.81. The smallest absolute Gasteiger partial charge is 0.337 e. The zero-order chi connectivity index (χ0) is 15.7. The monoisotopic (exact) mass is 315 g/mol. The van der Waals surface area contributed by atoms with Crippen molar-refractivity contribution in [2.75, 3.05) is 18.6 Å². The molecular formula is C16H13NO4S. The molecule has 0 fully saturated rings. The van der Waals surface area contributed by atoms with Gasteiger partial charge in [-0.1, -0.05) is 23.9 Å². The van der Waals surface area contributed by atoms with Crippen molar-refractivity contribution in [2.45, 2.75) is 9.79 Å². The molecule has 1 N–H and O–H groups in total. The number of hydrogen-bond acceptors (Lipinski definition) is 5. The van der Waals surface area contributed by atoms with Crippen molar-refractivity contribution in [3.05, 3.63) is 48.0 Å². The number of carboxylic acids is 1. The van der Waals surface area contributed by atoms with E-state index in [0.29, 0.717) is 11.3 Å². The Labute approximate surface area is 131 Å². The SMILES string of the molecule is COC(=O)c1ccc2c(c1)N(CC(=O)O)c1ccccc1S2. The number of nitrogens with zero attached hydrogens (tertiary/aromatic N) is 1. The molecule has 0 amide bonds. The Bertz CT molecular complexity index is 760. The number of carbonyl (C=O) groups excluding carboxylic acids is 1. The van der Waals surface area contributed by atoms with Crippen LogP contribution in [-0.2, 0) is 9.53 Å². The molecule has 1 aliphatic rings. The van der Waals surface area contributed by atoms with E-state index in [1.165, 1.54) is 7.11 Å². The first kappa shape index (κ1) is 14.5. The molecule has 22 heavy (non-hydrogen) atoms. The third-order valence-electron chi connectivity index (χ3n) is 3.34. The molecular weight excluding hydrogens is 302 g/mol. The van der Waals surface area contributed by atoms with Gasteiger partial charge in [0.2, 0.25) is 0 Å². The number of carbonyl (C=O) groups is 2. The first-order chi connectivity index (χ1) is 10.6. The molecule has 0 saturated heterocycles. The minimum absolute atomic E-state index is 0.171. The van der Waals surface area contributed by atoms with Crippen LogP contribution in [0, 0.1) is 0 Å². The standard InChI is InChI=1S/C16H13NO4S/c1-21-16(20)10-6-7-14-12(8-10)17(9-15(18)19)11-4-2-3-5-13(11)22-14/h2-8H,9H2,1H3,(H,18,19). The lowest BCUT2D eigenvalue weighted by molar-refractivity contribution is -0.135. The van der Waals surface area contributed by atoms with Gasteiger partial charge in [-0.25, -0.2) is 4.79 Å². The van der Waals surface area contributed by atoms with Gasteiger partial charge in [-0.15, -0.1) is 0 Å². The molecule has 2 aromatic rings. The minimum Gasteiger partial charge on any atom is -0.480 e. The molecule has 1 aliphatic heterocycles. The van der Waals surface area contributed by atoms with Gasteiger partial charge in [-0.3, -0.25) is 4.79 Å². The van der Waals surface area contributed by atoms with E-state index in [-0.39, 0.29) is 6.54 Å². The van der Waals surface area contributed by atoms with Crippen LogP contribution in [0.4, 0.5) is 11.4 Å². The third kappa shape index (κ3) is 2.53. The van der Waals surface area contributed by atoms with Crippen molar-refractivity contribution in [3.63, 3.8) is 0 Å². The number of para-hydroxylation sites is 1. The van der Waals surface area contributed by atoms with Gasteiger partial charge >= 0.3 is 11.9 Å². The maximum atomic E-state index is 11.7. The molecule has 0 aliphatic carbocycles. The number of methoxy groups -OCH3 is 1. The van der Waals surface area contributed by atoms with Gasteiger partial charge in [0.25, 0.3) is 0 Å². The molecule has 3 rings (SSSR count). The summed E-state index contributed by atoms with van der Waals surface area (Å²) in [6, 6.07) is 12.8. The molecule has 112 valence electrons. The zero-order valence-electron chi connectivity index (χ0n) is 11.8. The lowest BCUT2D eigenvalue weighted by Gasteiger charge is -2.31. The highest BCUT2D eigenvalue weighted by atomic mass is 32.2. The maximum Gasteiger partial charge on any atom is 0.337 e. The minimum atomic E-state index is -0.934. The van der Waals surface area contributed by atoms with Gasteiger partial charge in [-0.05, 0) is 30.3 Å². The second kappa shape index (κ2) is 5.73. The number of aliphatic carboxylic acids is 1. The van der Waals surface area contributed by atoms with Crippen LogP contribution in [0.25, 0.3) is 0 Å². The first-order valence-electron chi connectivity index (χ1n) is 6.58. The molecule has 6 heteroatoms. The number of benzene rings is 2. The fourth-order valence-corrected chi connectivity index (χ4v) is 3.46. The van der Waals surface area contributed by atoms with Crippen molar-refractivity contribution in [2.24, 2.45) is 0 Å². The number of hydrogen-bond donors (Lipinski definition) is 1. The Morgan fingerprint density at radius 2 is 1.86 bits per heavy atom. The Hall–Kier alpha value is -2.47. The Morgan fingerprint density at radius 3 is 2.59 bits per heavy atom. The average molecular weight is 315 g/mol. The summed E-state index contributed by atoms with van der Waals surface area (Å²) in [5.74, 6) is -1.38. The lowest BCUT2D eigenvalue weighted by atomic mass is 10.1. The van der Waals surface area contributed by atoms with Crippen molar-refractivity contribution < 1.29 is 19.4 Å². The van der Waals surface area contributed by atoms with Gasteiger partial charge in [0.05, 0.1) is 24.0 Å². The van der Waals surface area contributed by atoms with Crippen LogP contribution in [0.1, 0.15) is 10.4 Å². The topological polar surface area (TPSA) is 66.8 Å². The maximum absolute atomic E-state index is 11.7. The zero-order valence-corrected chi connectivity index (χ0v) is 12.6. The van der Waals surface area contributed by atoms with Crippen LogP contribution >= 0.6 is 11.8 Å². The summed E-state index contributed by atoms with van der Waals surface area (Å²) >= 11 is 1.55. The van der Waals surface area contributed by atoms with Gasteiger partial charge < -0.3 is 14.7 Å². The van der Waals surface area contributed by atoms with E-state index in [9.17, 15) is 14.7 Å². The molecule has 0 spiro atoms. The predicted molar refractivity (Wildman–Crippen MR) is 83.0 cm³/mol. The third-order valence-corrected chi connectivity index (χ3v) is 4.47. The fraction of sp³-hybridized carbons (Fsp3) is 0.125. The molecule has 0 unspecified atom stereocenters. The second-order valence-electron chi connectivity index (χ2n) is 4.72. The summed E-state index contributed by atoms with van der Waals surface area (Å²) in [6.45, 7) is -0.171. The fourth-order valence-electron chi connectivity index (χ4n) is 2.38. The van der Waals surface area contributed by atoms with Crippen LogP contribution in [0.2, 0.25) is 0 Å². The van der Waals surface area contributed by atoms with Crippen molar-refractivity contribution in [1.82, 2.24) is 0 Å². The highest BCUT2D eigenvalue weighted by molar-refractivity contribution is 7.99. The van der Waals surface area contributed by atoms with E-state index in [0.717, 1.165) is 15.5 Å². The summed E-state index contributed by atoms with van der Waals surface area (Å²) in [4.78, 5) is 26.5. The molecule has 0 saturated carbocycles. The quantitative estimate of drug-likeness (QED) is 0.878. The van der Waals surface area contributed by atoms with Crippen LogP contribution in [0.3, 0.4) is 0 Å². The van der Waals surface area contributed by atoms with Gasteiger partial charge in [-0.2, -0.15) is 0 Å². The van der Waals surface area contributed by atoms with E-state index >= 15 is 0 Å². The molecule has 1 heterocycles. The summed E-state index contributed by atoms with van der Waals surface area (Å²) in [7, 11) is 1.32. The summed E-state index contributed by atoms with van der Waals surface area (Å²) < 4.78 is 4.73. The molecule has 0 radical (unpaired) electrons. The van der Waals surface area contributed by atoms with Crippen molar-refractivity contribution in [1.29, 1.82) is 0 Å². The lowest BCUT2D eigenvalue weighted by Crippen LogP contribution is -2.27. The number of esters is 1. The molecule has 2 aromatic carbocycles. The predicted octanol–water partition coefficient (Wildman–Crippen LogP) is 3.16. The van der Waals surface area contributed by atoms with E-state index in [4.69, 9.17) is 4.74 Å². The van der Waals surface area contributed by atoms with E-state index in [2.05, 4.69) is 0 Å². The van der Waals surface area contributed by atoms with E-state index < -0.39 is 11.9 Å². The van der Waals surface area contributed by atoms with Gasteiger partial charge in [0.1, 0.15) is 6.54 Å². The molecule has 5 nitrogen and oxygen atoms in total. The number of ether oxygens (including phenoxy) is 1. The molecule has 0 atom stereocenters. The summed E-state index contributed by atoms with van der Waals surface area (Å²) in [5, 5.41) is 9.20. The largest absolute Gasteiger partial charge is 0.480 e. The number of rotatable bonds is 3. The highest BCUT2D eigenvalue weighted by Gasteiger charge is 2.25.